The van der Waals surface area contributed by atoms with Gasteiger partial charge in [-0.25, -0.2) is 26.8 Å². The molecule has 2 N–H and O–H groups in total. The smallest absolute Gasteiger partial charge is 0.387 e. The molecule has 1 saturated carbocycles. The predicted molar refractivity (Wildman–Crippen MR) is 166 cm³/mol. The predicted octanol–water partition coefficient (Wildman–Crippen LogP) is 5.02. The largest absolute Gasteiger partial charge is 0.489 e. The van der Waals surface area contributed by atoms with Gasteiger partial charge in [0.05, 0.1) is 26.4 Å². The number of benzene rings is 2. The fourth-order valence-electron chi connectivity index (χ4n) is 4.60. The standard InChI is InChI=1S/C28H27Cl2F2N3O8S3/c29-21-13-34-14-22(30)20(21)12-24(17-6-7-23(43-28(31)32)25(10-17)41-15-16-4-5-16)42-27(36)26-35(8-9-44-26)46(39,40)19-3-1-2-18(11-19)45(33,37)38/h1-3,6-7,10-11,13-14,16,24,26,28H,4-5,8-9,12,15H2,(H2,33,37,38)/t24-,26?/m0/s1. The summed E-state index contributed by atoms with van der Waals surface area (Å²) in [6.45, 7) is -2.92. The molecule has 1 aliphatic heterocycles. The number of nitrogens with zero attached hydrogens (tertiary/aromatic N) is 2. The van der Waals surface area contributed by atoms with Crippen LogP contribution in [-0.2, 0) is 36.0 Å². The quantitative estimate of drug-likeness (QED) is 0.237. The SMILES string of the molecule is NS(=O)(=O)c1cccc(S(=O)(=O)N2CCSC2C(=O)O[C@@H](Cc2c(Cl)cncc2Cl)c2ccc(OC(F)F)c(OCC3CC3)c2)c1. The van der Waals surface area contributed by atoms with Crippen LogP contribution in [0.15, 0.2) is 64.6 Å². The van der Waals surface area contributed by atoms with Gasteiger partial charge in [0.2, 0.25) is 20.0 Å². The number of hydrogen-bond acceptors (Lipinski definition) is 10. The number of ether oxygens (including phenoxy) is 3. The van der Waals surface area contributed by atoms with Crippen LogP contribution >= 0.6 is 35.0 Å². The summed E-state index contributed by atoms with van der Waals surface area (Å²) < 4.78 is 94.5. The van der Waals surface area contributed by atoms with Crippen molar-refractivity contribution in [2.75, 3.05) is 18.9 Å². The summed E-state index contributed by atoms with van der Waals surface area (Å²) in [6.07, 6.45) is 3.34. The molecule has 3 aromatic rings. The fraction of sp³-hybridized carbons (Fsp3) is 0.357. The first-order valence-corrected chi connectivity index (χ1v) is 18.5. The number of hydrogen-bond donors (Lipinski definition) is 1. The summed E-state index contributed by atoms with van der Waals surface area (Å²) in [5.74, 6) is -0.626. The zero-order valence-electron chi connectivity index (χ0n) is 23.7. The lowest BCUT2D eigenvalue weighted by Crippen LogP contribution is -2.40. The first kappa shape index (κ1) is 34.6. The highest BCUT2D eigenvalue weighted by atomic mass is 35.5. The Labute approximate surface area is 278 Å². The van der Waals surface area contributed by atoms with Gasteiger partial charge in [0, 0.05) is 31.1 Å². The van der Waals surface area contributed by atoms with E-state index in [1.807, 2.05) is 0 Å². The number of nitrogens with two attached hydrogens (primary N) is 1. The second-order valence-electron chi connectivity index (χ2n) is 10.4. The Bertz CT molecular complexity index is 1810. The van der Waals surface area contributed by atoms with E-state index >= 15 is 0 Å². The van der Waals surface area contributed by atoms with Crippen molar-refractivity contribution in [1.29, 1.82) is 0 Å². The normalized spacial score (nSPS) is 18.0. The summed E-state index contributed by atoms with van der Waals surface area (Å²) in [5.41, 5.74) is 0.677. The van der Waals surface area contributed by atoms with Crippen molar-refractivity contribution in [2.24, 2.45) is 11.1 Å². The second-order valence-corrected chi connectivity index (χ2v) is 15.9. The first-order valence-electron chi connectivity index (χ1n) is 13.7. The number of esters is 1. The van der Waals surface area contributed by atoms with Gasteiger partial charge < -0.3 is 14.2 Å². The molecule has 1 saturated heterocycles. The van der Waals surface area contributed by atoms with Gasteiger partial charge in [0.25, 0.3) is 0 Å². The number of aromatic nitrogens is 1. The van der Waals surface area contributed by atoms with Crippen LogP contribution in [0.4, 0.5) is 8.78 Å². The zero-order valence-corrected chi connectivity index (χ0v) is 27.7. The summed E-state index contributed by atoms with van der Waals surface area (Å²) in [7, 11) is -8.60. The van der Waals surface area contributed by atoms with E-state index < -0.39 is 49.0 Å². The van der Waals surface area contributed by atoms with Crippen LogP contribution in [-0.4, -0.2) is 63.0 Å². The monoisotopic (exact) mass is 737 g/mol. The molecule has 2 atom stereocenters. The molecular weight excluding hydrogens is 711 g/mol. The minimum absolute atomic E-state index is 0.00635. The Kier molecular flexibility index (Phi) is 10.7. The van der Waals surface area contributed by atoms with Crippen LogP contribution in [0, 0.1) is 5.92 Å². The lowest BCUT2D eigenvalue weighted by Gasteiger charge is -2.26. The molecule has 0 radical (unpaired) electrons. The van der Waals surface area contributed by atoms with Crippen molar-refractivity contribution in [3.8, 4) is 11.5 Å². The first-order chi connectivity index (χ1) is 21.7. The maximum absolute atomic E-state index is 13.7. The van der Waals surface area contributed by atoms with Crippen molar-refractivity contribution < 1.29 is 44.6 Å². The van der Waals surface area contributed by atoms with E-state index in [9.17, 15) is 30.4 Å². The van der Waals surface area contributed by atoms with Crippen LogP contribution < -0.4 is 14.6 Å². The molecular formula is C28H27Cl2F2N3O8S3. The highest BCUT2D eigenvalue weighted by Crippen LogP contribution is 2.39. The van der Waals surface area contributed by atoms with E-state index in [0.29, 0.717) is 11.1 Å². The zero-order chi connectivity index (χ0) is 33.2. The van der Waals surface area contributed by atoms with Crippen LogP contribution in [0.2, 0.25) is 10.0 Å². The highest BCUT2D eigenvalue weighted by molar-refractivity contribution is 8.02. The van der Waals surface area contributed by atoms with Crippen LogP contribution in [0.25, 0.3) is 0 Å². The maximum Gasteiger partial charge on any atom is 0.387 e. The number of rotatable bonds is 13. The molecule has 0 spiro atoms. The highest BCUT2D eigenvalue weighted by Gasteiger charge is 2.42. The van der Waals surface area contributed by atoms with E-state index in [-0.39, 0.29) is 57.7 Å². The minimum Gasteiger partial charge on any atom is -0.489 e. The van der Waals surface area contributed by atoms with E-state index in [0.717, 1.165) is 41.0 Å². The van der Waals surface area contributed by atoms with Crippen molar-refractivity contribution in [3.05, 3.63) is 76.0 Å². The van der Waals surface area contributed by atoms with E-state index in [1.54, 1.807) is 0 Å². The van der Waals surface area contributed by atoms with Gasteiger partial charge in [-0.05, 0) is 60.2 Å². The van der Waals surface area contributed by atoms with Gasteiger partial charge in [0.15, 0.2) is 16.9 Å². The van der Waals surface area contributed by atoms with Gasteiger partial charge >= 0.3 is 12.6 Å². The number of carbonyl (C=O) groups excluding carboxylic acids is 1. The van der Waals surface area contributed by atoms with Crippen molar-refractivity contribution >= 4 is 61.0 Å². The molecule has 248 valence electrons. The molecule has 1 unspecified atom stereocenters. The third-order valence-corrected chi connectivity index (χ3v) is 11.9. The van der Waals surface area contributed by atoms with Crippen LogP contribution in [0.3, 0.4) is 0 Å². The number of primary sulfonamides is 1. The molecule has 1 aliphatic carbocycles. The van der Waals surface area contributed by atoms with Crippen molar-refractivity contribution in [3.63, 3.8) is 0 Å². The molecule has 2 heterocycles. The summed E-state index contributed by atoms with van der Waals surface area (Å²) in [4.78, 5) is 16.9. The summed E-state index contributed by atoms with van der Waals surface area (Å²) in [6, 6.07) is 8.58. The third-order valence-electron chi connectivity index (χ3n) is 7.12. The lowest BCUT2D eigenvalue weighted by molar-refractivity contribution is -0.150. The van der Waals surface area contributed by atoms with Gasteiger partial charge in [-0.1, -0.05) is 35.3 Å². The number of sulfonamides is 2. The van der Waals surface area contributed by atoms with Gasteiger partial charge in [-0.15, -0.1) is 11.8 Å². The van der Waals surface area contributed by atoms with Crippen LogP contribution in [0.5, 0.6) is 11.5 Å². The molecule has 5 rings (SSSR count). The molecule has 2 aliphatic rings. The van der Waals surface area contributed by atoms with Gasteiger partial charge in [-0.2, -0.15) is 13.1 Å². The van der Waals surface area contributed by atoms with Crippen molar-refractivity contribution in [1.82, 2.24) is 9.29 Å². The number of halogens is 4. The topological polar surface area (TPSA) is 155 Å². The van der Waals surface area contributed by atoms with E-state index in [1.165, 1.54) is 42.7 Å². The Morgan fingerprint density at radius 2 is 1.74 bits per heavy atom. The van der Waals surface area contributed by atoms with E-state index in [2.05, 4.69) is 9.72 Å². The average molecular weight is 739 g/mol. The summed E-state index contributed by atoms with van der Waals surface area (Å²) in [5, 5.41) is 4.18. The second kappa shape index (κ2) is 14.2. The van der Waals surface area contributed by atoms with Gasteiger partial charge in [0.1, 0.15) is 6.10 Å². The molecule has 0 bridgehead atoms. The Morgan fingerprint density at radius 3 is 2.39 bits per heavy atom. The maximum atomic E-state index is 13.7. The van der Waals surface area contributed by atoms with Gasteiger partial charge in [-0.3, -0.25) is 4.98 Å². The van der Waals surface area contributed by atoms with Crippen molar-refractivity contribution in [2.45, 2.75) is 47.1 Å². The van der Waals surface area contributed by atoms with Crippen LogP contribution in [0.1, 0.15) is 30.1 Å². The van der Waals surface area contributed by atoms with E-state index in [4.69, 9.17) is 37.8 Å². The number of pyridine rings is 1. The molecule has 0 amide bonds. The lowest BCUT2D eigenvalue weighted by atomic mass is 10.0. The minimum atomic E-state index is -4.39. The summed E-state index contributed by atoms with van der Waals surface area (Å²) >= 11 is 13.7. The number of carbonyl (C=O) groups is 1. The Balaban J connectivity index is 1.47. The molecule has 1 aromatic heterocycles. The number of alkyl halides is 2. The molecule has 2 fully saturated rings. The molecule has 11 nitrogen and oxygen atoms in total. The molecule has 18 heteroatoms. The fourth-order valence-corrected chi connectivity index (χ4v) is 8.85. The third kappa shape index (κ3) is 8.21. The molecule has 46 heavy (non-hydrogen) atoms. The number of thioether (sulfide) groups is 1. The molecule has 2 aromatic carbocycles. The Hall–Kier alpha value is -2.73. The Morgan fingerprint density at radius 1 is 1.04 bits per heavy atom. The average Bonchev–Trinajstić information content (AvgIpc) is 3.69.